The first kappa shape index (κ1) is 21.1. The van der Waals surface area contributed by atoms with E-state index in [9.17, 15) is 0 Å². The molecular weight excluding hydrogens is 429 g/mol. The lowest BCUT2D eigenvalue weighted by Crippen LogP contribution is -2.22. The van der Waals surface area contributed by atoms with Gasteiger partial charge < -0.3 is 20.5 Å². The highest BCUT2D eigenvalue weighted by Crippen LogP contribution is 2.22. The van der Waals surface area contributed by atoms with Crippen molar-refractivity contribution in [2.45, 2.75) is 26.3 Å². The first-order valence-corrected chi connectivity index (χ1v) is 8.14. The molecule has 25 heavy (non-hydrogen) atoms. The smallest absolute Gasteiger partial charge is 0.193 e. The predicted molar refractivity (Wildman–Crippen MR) is 114 cm³/mol. The molecule has 0 saturated carbocycles. The van der Waals surface area contributed by atoms with Crippen LogP contribution in [0.1, 0.15) is 25.3 Å². The van der Waals surface area contributed by atoms with Crippen molar-refractivity contribution in [3.05, 3.63) is 54.1 Å². The van der Waals surface area contributed by atoms with E-state index in [1.165, 1.54) is 0 Å². The van der Waals surface area contributed by atoms with Crippen molar-refractivity contribution in [1.29, 1.82) is 0 Å². The van der Waals surface area contributed by atoms with Gasteiger partial charge in [0.1, 0.15) is 11.5 Å². The van der Waals surface area contributed by atoms with Crippen LogP contribution in [0.15, 0.2) is 53.5 Å². The summed E-state index contributed by atoms with van der Waals surface area (Å²) in [5.41, 5.74) is 7.81. The maximum absolute atomic E-state index is 5.97. The second kappa shape index (κ2) is 11.6. The minimum atomic E-state index is 0. The first-order chi connectivity index (χ1) is 11.7. The van der Waals surface area contributed by atoms with Crippen molar-refractivity contribution in [3.63, 3.8) is 0 Å². The molecule has 0 fully saturated rings. The van der Waals surface area contributed by atoms with E-state index in [1.807, 2.05) is 48.5 Å². The van der Waals surface area contributed by atoms with Gasteiger partial charge in [0.2, 0.25) is 0 Å². The third-order valence-corrected chi connectivity index (χ3v) is 3.47. The van der Waals surface area contributed by atoms with Crippen molar-refractivity contribution in [1.82, 2.24) is 0 Å². The number of ether oxygens (including phenoxy) is 2. The van der Waals surface area contributed by atoms with Crippen LogP contribution in [-0.4, -0.2) is 19.7 Å². The van der Waals surface area contributed by atoms with Gasteiger partial charge in [0.05, 0.1) is 25.9 Å². The number of methoxy groups -OCH3 is 1. The molecule has 136 valence electrons. The second-order valence-electron chi connectivity index (χ2n) is 5.38. The Labute approximate surface area is 166 Å². The quantitative estimate of drug-likeness (QED) is 0.268. The van der Waals surface area contributed by atoms with Gasteiger partial charge in [-0.05, 0) is 36.2 Å². The maximum Gasteiger partial charge on any atom is 0.193 e. The molecule has 0 heterocycles. The number of anilines is 1. The van der Waals surface area contributed by atoms with Crippen LogP contribution in [0.2, 0.25) is 0 Å². The number of hydrogen-bond acceptors (Lipinski definition) is 3. The summed E-state index contributed by atoms with van der Waals surface area (Å²) in [6.45, 7) is 3.37. The van der Waals surface area contributed by atoms with Crippen LogP contribution < -0.4 is 20.5 Å². The van der Waals surface area contributed by atoms with Crippen LogP contribution in [0, 0.1) is 0 Å². The molecule has 0 atom stereocenters. The molecule has 2 aromatic carbocycles. The van der Waals surface area contributed by atoms with E-state index in [4.69, 9.17) is 15.2 Å². The highest BCUT2D eigenvalue weighted by Gasteiger charge is 2.02. The number of rotatable bonds is 8. The number of nitrogens with zero attached hydrogens (tertiary/aromatic N) is 1. The Hall–Kier alpha value is -1.96. The Morgan fingerprint density at radius 3 is 2.72 bits per heavy atom. The van der Waals surface area contributed by atoms with Gasteiger partial charge in [-0.3, -0.25) is 0 Å². The second-order valence-corrected chi connectivity index (χ2v) is 5.38. The number of unbranched alkanes of at least 4 members (excludes halogenated alkanes) is 1. The van der Waals surface area contributed by atoms with Crippen molar-refractivity contribution < 1.29 is 9.47 Å². The highest BCUT2D eigenvalue weighted by atomic mass is 127. The summed E-state index contributed by atoms with van der Waals surface area (Å²) >= 11 is 0. The Bertz CT molecular complexity index is 677. The maximum atomic E-state index is 5.97. The average molecular weight is 455 g/mol. The summed E-state index contributed by atoms with van der Waals surface area (Å²) in [6.07, 6.45) is 2.17. The molecule has 0 aliphatic heterocycles. The Kier molecular flexibility index (Phi) is 9.76. The van der Waals surface area contributed by atoms with Gasteiger partial charge in [-0.2, -0.15) is 0 Å². The number of halogens is 1. The number of nitrogens with one attached hydrogen (secondary N) is 1. The monoisotopic (exact) mass is 455 g/mol. The molecule has 0 amide bonds. The van der Waals surface area contributed by atoms with E-state index in [1.54, 1.807) is 7.11 Å². The number of nitrogens with two attached hydrogens (primary N) is 1. The molecule has 0 spiro atoms. The molecule has 0 bridgehead atoms. The first-order valence-electron chi connectivity index (χ1n) is 8.14. The van der Waals surface area contributed by atoms with Crippen LogP contribution >= 0.6 is 24.0 Å². The van der Waals surface area contributed by atoms with Gasteiger partial charge >= 0.3 is 0 Å². The average Bonchev–Trinajstić information content (AvgIpc) is 2.61. The van der Waals surface area contributed by atoms with Crippen molar-refractivity contribution in [3.8, 4) is 11.5 Å². The minimum Gasteiger partial charge on any atom is -0.495 e. The fourth-order valence-electron chi connectivity index (χ4n) is 2.17. The molecule has 2 rings (SSSR count). The fraction of sp³-hybridized carbons (Fsp3) is 0.316. The van der Waals surface area contributed by atoms with Gasteiger partial charge in [0.25, 0.3) is 0 Å². The summed E-state index contributed by atoms with van der Waals surface area (Å²) in [7, 11) is 1.62. The van der Waals surface area contributed by atoms with Gasteiger partial charge in [-0.25, -0.2) is 4.99 Å². The van der Waals surface area contributed by atoms with E-state index in [-0.39, 0.29) is 24.0 Å². The topological polar surface area (TPSA) is 68.9 Å². The molecule has 0 radical (unpaired) electrons. The molecular formula is C19H26IN3O2. The van der Waals surface area contributed by atoms with Gasteiger partial charge in [0.15, 0.2) is 5.96 Å². The van der Waals surface area contributed by atoms with Crippen LogP contribution in [-0.2, 0) is 6.54 Å². The number of aliphatic imine (C=N–C) groups is 1. The standard InChI is InChI=1S/C19H25N3O2.HI/c1-3-4-12-24-16-9-7-8-15(13-16)14-21-19(20)22-17-10-5-6-11-18(17)23-2;/h5-11,13H,3-4,12,14H2,1-2H3,(H3,20,21,22);1H. The highest BCUT2D eigenvalue weighted by molar-refractivity contribution is 14.0. The number of benzene rings is 2. The van der Waals surface area contributed by atoms with Crippen LogP contribution in [0.3, 0.4) is 0 Å². The van der Waals surface area contributed by atoms with Crippen LogP contribution in [0.25, 0.3) is 0 Å². The lowest BCUT2D eigenvalue weighted by Gasteiger charge is -2.10. The van der Waals surface area contributed by atoms with E-state index in [2.05, 4.69) is 17.2 Å². The number of hydrogen-bond donors (Lipinski definition) is 2. The fourth-order valence-corrected chi connectivity index (χ4v) is 2.17. The third kappa shape index (κ3) is 7.21. The zero-order valence-electron chi connectivity index (χ0n) is 14.7. The Morgan fingerprint density at radius 2 is 1.96 bits per heavy atom. The lowest BCUT2D eigenvalue weighted by atomic mass is 10.2. The summed E-state index contributed by atoms with van der Waals surface area (Å²) in [5.74, 6) is 1.94. The number of para-hydroxylation sites is 2. The summed E-state index contributed by atoms with van der Waals surface area (Å²) in [6, 6.07) is 15.5. The van der Waals surface area contributed by atoms with Crippen molar-refractivity contribution in [2.75, 3.05) is 19.0 Å². The molecule has 2 aromatic rings. The predicted octanol–water partition coefficient (Wildman–Crippen LogP) is 4.42. The van der Waals surface area contributed by atoms with Crippen molar-refractivity contribution in [2.24, 2.45) is 10.7 Å². The molecule has 0 aliphatic carbocycles. The summed E-state index contributed by atoms with van der Waals surface area (Å²) < 4.78 is 11.0. The zero-order chi connectivity index (χ0) is 17.2. The zero-order valence-corrected chi connectivity index (χ0v) is 17.0. The van der Waals surface area contributed by atoms with E-state index < -0.39 is 0 Å². The molecule has 5 nitrogen and oxygen atoms in total. The Balaban J connectivity index is 0.00000312. The third-order valence-electron chi connectivity index (χ3n) is 3.47. The number of guanidine groups is 1. The minimum absolute atomic E-state index is 0. The van der Waals surface area contributed by atoms with Crippen molar-refractivity contribution >= 4 is 35.6 Å². The molecule has 3 N–H and O–H groups in total. The molecule has 0 aliphatic rings. The normalized spacial score (nSPS) is 10.7. The van der Waals surface area contributed by atoms with Gasteiger partial charge in [-0.15, -0.1) is 24.0 Å². The van der Waals surface area contributed by atoms with E-state index in [0.717, 1.165) is 42.2 Å². The Morgan fingerprint density at radius 1 is 1.16 bits per heavy atom. The van der Waals surface area contributed by atoms with E-state index in [0.29, 0.717) is 12.5 Å². The molecule has 0 saturated heterocycles. The van der Waals surface area contributed by atoms with E-state index >= 15 is 0 Å². The van der Waals surface area contributed by atoms with Crippen LogP contribution in [0.4, 0.5) is 5.69 Å². The van der Waals surface area contributed by atoms with Gasteiger partial charge in [0, 0.05) is 0 Å². The van der Waals surface area contributed by atoms with Crippen LogP contribution in [0.5, 0.6) is 11.5 Å². The summed E-state index contributed by atoms with van der Waals surface area (Å²) in [4.78, 5) is 4.37. The lowest BCUT2D eigenvalue weighted by molar-refractivity contribution is 0.309. The molecule has 0 aromatic heterocycles. The summed E-state index contributed by atoms with van der Waals surface area (Å²) in [5, 5.41) is 3.06. The largest absolute Gasteiger partial charge is 0.495 e. The molecule has 0 unspecified atom stereocenters. The van der Waals surface area contributed by atoms with Gasteiger partial charge in [-0.1, -0.05) is 37.6 Å². The SMILES string of the molecule is CCCCOc1cccc(CN=C(N)Nc2ccccc2OC)c1.I. The molecule has 6 heteroatoms.